The lowest BCUT2D eigenvalue weighted by Gasteiger charge is -2.18. The lowest BCUT2D eigenvalue weighted by molar-refractivity contribution is 0.288. The summed E-state index contributed by atoms with van der Waals surface area (Å²) in [6.45, 7) is 0.994. The Morgan fingerprint density at radius 2 is 2.07 bits per heavy atom. The van der Waals surface area contributed by atoms with Crippen LogP contribution in [0.25, 0.3) is 6.08 Å². The monoisotopic (exact) mass is 217 g/mol. The second kappa shape index (κ2) is 5.88. The van der Waals surface area contributed by atoms with Gasteiger partial charge in [0.2, 0.25) is 9.04 Å². The summed E-state index contributed by atoms with van der Waals surface area (Å²) < 4.78 is 5.77. The van der Waals surface area contributed by atoms with Gasteiger partial charge in [0.1, 0.15) is 0 Å². The van der Waals surface area contributed by atoms with E-state index in [0.29, 0.717) is 0 Å². The molecule has 2 rings (SSSR count). The maximum Gasteiger partial charge on any atom is 0.215 e. The van der Waals surface area contributed by atoms with Crippen molar-refractivity contribution in [1.82, 2.24) is 0 Å². The Bertz CT molecular complexity index is 302. The van der Waals surface area contributed by atoms with Crippen molar-refractivity contribution in [2.24, 2.45) is 0 Å². The molecule has 15 heavy (non-hydrogen) atoms. The van der Waals surface area contributed by atoms with Gasteiger partial charge in [-0.1, -0.05) is 48.9 Å². The fourth-order valence-electron chi connectivity index (χ4n) is 1.76. The van der Waals surface area contributed by atoms with Gasteiger partial charge in [-0.3, -0.25) is 0 Å². The largest absolute Gasteiger partial charge is 0.416 e. The summed E-state index contributed by atoms with van der Waals surface area (Å²) in [5.41, 5.74) is 1.29. The first-order chi connectivity index (χ1) is 7.45. The second-order valence-electron chi connectivity index (χ2n) is 3.86. The molecule has 1 heterocycles. The molecule has 1 saturated heterocycles. The second-order valence-corrected chi connectivity index (χ2v) is 6.14. The Kier molecular flexibility index (Phi) is 4.18. The zero-order valence-electron chi connectivity index (χ0n) is 8.99. The molecule has 1 aromatic rings. The average molecular weight is 217 g/mol. The van der Waals surface area contributed by atoms with Crippen molar-refractivity contribution in [3.05, 3.63) is 42.0 Å². The first kappa shape index (κ1) is 10.6. The Hall–Kier alpha value is -0.863. The molecule has 0 aliphatic carbocycles. The molecule has 1 fully saturated rings. The molecule has 1 aliphatic heterocycles. The van der Waals surface area contributed by atoms with Crippen LogP contribution < -0.4 is 0 Å². The van der Waals surface area contributed by atoms with Gasteiger partial charge in [0.15, 0.2) is 0 Å². The van der Waals surface area contributed by atoms with Crippen LogP contribution in [0.4, 0.5) is 0 Å². The van der Waals surface area contributed by atoms with Crippen LogP contribution in [0, 0.1) is 0 Å². The van der Waals surface area contributed by atoms with Gasteiger partial charge in [0.25, 0.3) is 0 Å². The maximum atomic E-state index is 5.77. The molecule has 0 N–H and O–H groups in total. The lowest BCUT2D eigenvalue weighted by atomic mass is 10.2. The van der Waals surface area contributed by atoms with Crippen molar-refractivity contribution in [1.29, 1.82) is 0 Å². The Balaban J connectivity index is 1.79. The number of allylic oxidation sites excluding steroid dienone is 1. The van der Waals surface area contributed by atoms with E-state index in [9.17, 15) is 0 Å². The van der Waals surface area contributed by atoms with E-state index in [-0.39, 0.29) is 0 Å². The van der Waals surface area contributed by atoms with Crippen molar-refractivity contribution in [2.75, 3.05) is 6.61 Å². The van der Waals surface area contributed by atoms with Gasteiger partial charge >= 0.3 is 0 Å². The minimum atomic E-state index is -0.504. The summed E-state index contributed by atoms with van der Waals surface area (Å²) in [7, 11) is -0.504. The molecule has 1 aromatic carbocycles. The van der Waals surface area contributed by atoms with Crippen LogP contribution in [0.15, 0.2) is 36.4 Å². The summed E-state index contributed by atoms with van der Waals surface area (Å²) in [4.78, 5) is 0. The van der Waals surface area contributed by atoms with Gasteiger partial charge in [-0.15, -0.1) is 0 Å². The van der Waals surface area contributed by atoms with E-state index in [1.807, 2.05) is 6.07 Å². The molecule has 0 unspecified atom stereocenters. The highest BCUT2D eigenvalue weighted by Gasteiger charge is 2.14. The average Bonchev–Trinajstić information content (AvgIpc) is 2.32. The SMILES string of the molecule is C(=C\c1ccccc1)/C[Si]1CCCCO1. The molecular formula is C13H17OSi. The third kappa shape index (κ3) is 3.65. The molecule has 0 amide bonds. The Morgan fingerprint density at radius 1 is 1.20 bits per heavy atom. The van der Waals surface area contributed by atoms with Crippen LogP contribution in [0.3, 0.4) is 0 Å². The fraction of sp³-hybridized carbons (Fsp3) is 0.385. The molecule has 0 atom stereocenters. The van der Waals surface area contributed by atoms with Crippen LogP contribution in [-0.2, 0) is 4.43 Å². The third-order valence-corrected chi connectivity index (χ3v) is 4.83. The minimum Gasteiger partial charge on any atom is -0.416 e. The molecule has 0 bridgehead atoms. The molecule has 79 valence electrons. The van der Waals surface area contributed by atoms with Crippen molar-refractivity contribution in [2.45, 2.75) is 24.9 Å². The van der Waals surface area contributed by atoms with Gasteiger partial charge in [-0.05, 0) is 24.1 Å². The Morgan fingerprint density at radius 3 is 2.80 bits per heavy atom. The Labute approximate surface area is 93.5 Å². The van der Waals surface area contributed by atoms with E-state index < -0.39 is 9.04 Å². The van der Waals surface area contributed by atoms with Crippen LogP contribution in [0.2, 0.25) is 12.1 Å². The summed E-state index contributed by atoms with van der Waals surface area (Å²) in [5, 5.41) is 0. The van der Waals surface area contributed by atoms with E-state index in [1.165, 1.54) is 24.4 Å². The lowest BCUT2D eigenvalue weighted by Crippen LogP contribution is -2.21. The predicted molar refractivity (Wildman–Crippen MR) is 66.0 cm³/mol. The van der Waals surface area contributed by atoms with E-state index in [1.54, 1.807) is 0 Å². The van der Waals surface area contributed by atoms with Gasteiger partial charge in [0, 0.05) is 6.61 Å². The first-order valence-corrected chi connectivity index (χ1v) is 7.46. The summed E-state index contributed by atoms with van der Waals surface area (Å²) in [6, 6.07) is 12.9. The quantitative estimate of drug-likeness (QED) is 0.704. The van der Waals surface area contributed by atoms with Crippen LogP contribution >= 0.6 is 0 Å². The van der Waals surface area contributed by atoms with Gasteiger partial charge in [-0.2, -0.15) is 0 Å². The number of hydrogen-bond acceptors (Lipinski definition) is 1. The van der Waals surface area contributed by atoms with Gasteiger partial charge in [0.05, 0.1) is 0 Å². The minimum absolute atomic E-state index is 0.504. The third-order valence-electron chi connectivity index (χ3n) is 2.61. The molecule has 0 aromatic heterocycles. The number of hydrogen-bond donors (Lipinski definition) is 0. The van der Waals surface area contributed by atoms with Crippen LogP contribution in [0.1, 0.15) is 18.4 Å². The standard InChI is InChI=1S/C13H17OSi/c1-2-7-13(8-3-1)9-6-12-15-11-5-4-10-14-15/h1-3,6-9H,4-5,10-12H2/b9-6+. The maximum absolute atomic E-state index is 5.77. The molecule has 1 aliphatic rings. The number of rotatable bonds is 3. The summed E-state index contributed by atoms with van der Waals surface area (Å²) >= 11 is 0. The summed E-state index contributed by atoms with van der Waals surface area (Å²) in [5.74, 6) is 0. The van der Waals surface area contributed by atoms with Crippen molar-refractivity contribution >= 4 is 15.1 Å². The molecule has 2 heteroatoms. The van der Waals surface area contributed by atoms with Gasteiger partial charge < -0.3 is 4.43 Å². The molecular weight excluding hydrogens is 200 g/mol. The van der Waals surface area contributed by atoms with Gasteiger partial charge in [-0.25, -0.2) is 0 Å². The smallest absolute Gasteiger partial charge is 0.215 e. The summed E-state index contributed by atoms with van der Waals surface area (Å²) in [6.07, 6.45) is 7.11. The normalized spacial score (nSPS) is 18.4. The van der Waals surface area contributed by atoms with E-state index in [2.05, 4.69) is 36.4 Å². The molecule has 1 radical (unpaired) electrons. The number of benzene rings is 1. The highest BCUT2D eigenvalue weighted by Crippen LogP contribution is 2.15. The molecule has 1 nitrogen and oxygen atoms in total. The highest BCUT2D eigenvalue weighted by atomic mass is 28.3. The fourth-order valence-corrected chi connectivity index (χ4v) is 3.69. The zero-order valence-corrected chi connectivity index (χ0v) is 9.99. The van der Waals surface area contributed by atoms with Crippen molar-refractivity contribution in [3.63, 3.8) is 0 Å². The van der Waals surface area contributed by atoms with E-state index in [4.69, 9.17) is 4.43 Å². The van der Waals surface area contributed by atoms with Crippen molar-refractivity contribution in [3.8, 4) is 0 Å². The topological polar surface area (TPSA) is 9.23 Å². The van der Waals surface area contributed by atoms with Crippen LogP contribution in [0.5, 0.6) is 0 Å². The molecule has 0 spiro atoms. The van der Waals surface area contributed by atoms with Crippen LogP contribution in [-0.4, -0.2) is 15.6 Å². The van der Waals surface area contributed by atoms with E-state index in [0.717, 1.165) is 12.7 Å². The predicted octanol–water partition coefficient (Wildman–Crippen LogP) is 3.50. The molecule has 0 saturated carbocycles. The first-order valence-electron chi connectivity index (χ1n) is 5.64. The van der Waals surface area contributed by atoms with Crippen molar-refractivity contribution < 1.29 is 4.43 Å². The zero-order chi connectivity index (χ0) is 10.3. The highest BCUT2D eigenvalue weighted by molar-refractivity contribution is 6.52. The van der Waals surface area contributed by atoms with E-state index >= 15 is 0 Å².